The summed E-state index contributed by atoms with van der Waals surface area (Å²) in [5.74, 6) is -9.13. The Morgan fingerprint density at radius 1 is 1.07 bits per heavy atom. The smallest absolute Gasteiger partial charge is 0.200 e. The van der Waals surface area contributed by atoms with Crippen LogP contribution >= 0.6 is 15.9 Å². The minimum atomic E-state index is -3.92. The van der Waals surface area contributed by atoms with Crippen molar-refractivity contribution in [1.82, 2.24) is 0 Å². The highest BCUT2D eigenvalue weighted by molar-refractivity contribution is 9.10. The molecule has 1 aliphatic rings. The molecule has 0 amide bonds. The molecule has 0 heterocycles. The average Bonchev–Trinajstić information content (AvgIpc) is 2.16. The van der Waals surface area contributed by atoms with Crippen molar-refractivity contribution in [3.8, 4) is 0 Å². The summed E-state index contributed by atoms with van der Waals surface area (Å²) in [5, 5.41) is 0. The molecule has 1 atom stereocenters. The van der Waals surface area contributed by atoms with Gasteiger partial charge in [0.1, 0.15) is 0 Å². The van der Waals surface area contributed by atoms with Gasteiger partial charge in [-0.2, -0.15) is 17.6 Å². The van der Waals surface area contributed by atoms with Gasteiger partial charge in [-0.1, -0.05) is 28.1 Å². The predicted molar refractivity (Wildman–Crippen MR) is 51.4 cm³/mol. The van der Waals surface area contributed by atoms with Crippen LogP contribution in [0.5, 0.6) is 0 Å². The summed E-state index contributed by atoms with van der Waals surface area (Å²) in [7, 11) is 0. The SMILES string of the molecule is FC1(F)C[C@@H](c2ccc(Br)cc2)C1(F)F. The van der Waals surface area contributed by atoms with Crippen LogP contribution in [0.15, 0.2) is 28.7 Å². The van der Waals surface area contributed by atoms with Gasteiger partial charge in [-0.3, -0.25) is 0 Å². The highest BCUT2D eigenvalue weighted by Gasteiger charge is 2.71. The average molecular weight is 283 g/mol. The van der Waals surface area contributed by atoms with Crippen LogP contribution < -0.4 is 0 Å². The van der Waals surface area contributed by atoms with Crippen LogP contribution in [0.4, 0.5) is 17.6 Å². The van der Waals surface area contributed by atoms with Gasteiger partial charge >= 0.3 is 11.8 Å². The van der Waals surface area contributed by atoms with E-state index in [0.29, 0.717) is 0 Å². The lowest BCUT2D eigenvalue weighted by atomic mass is 9.73. The van der Waals surface area contributed by atoms with Crippen molar-refractivity contribution in [2.75, 3.05) is 0 Å². The molecular formula is C10H7BrF4. The molecule has 0 N–H and O–H groups in total. The van der Waals surface area contributed by atoms with Crippen molar-refractivity contribution in [1.29, 1.82) is 0 Å². The monoisotopic (exact) mass is 282 g/mol. The maximum absolute atomic E-state index is 13.0. The summed E-state index contributed by atoms with van der Waals surface area (Å²) in [6.07, 6.45) is -0.776. The highest BCUT2D eigenvalue weighted by Crippen LogP contribution is 2.59. The van der Waals surface area contributed by atoms with E-state index in [9.17, 15) is 17.6 Å². The molecule has 5 heteroatoms. The Bertz CT molecular complexity index is 372. The minimum absolute atomic E-state index is 0.258. The predicted octanol–water partition coefficient (Wildman–Crippen LogP) is 4.21. The molecule has 1 fully saturated rings. The first-order valence-electron chi connectivity index (χ1n) is 4.36. The molecule has 1 saturated carbocycles. The van der Waals surface area contributed by atoms with E-state index < -0.39 is 24.2 Å². The Kier molecular flexibility index (Phi) is 2.33. The second-order valence-corrected chi connectivity index (χ2v) is 4.55. The molecule has 0 bridgehead atoms. The molecule has 15 heavy (non-hydrogen) atoms. The third kappa shape index (κ3) is 1.57. The van der Waals surface area contributed by atoms with E-state index in [1.165, 1.54) is 12.1 Å². The summed E-state index contributed by atoms with van der Waals surface area (Å²) in [6, 6.07) is 6.03. The third-order valence-corrected chi connectivity index (χ3v) is 3.19. The standard InChI is InChI=1S/C10H7BrF4/c11-7-3-1-6(2-4-7)8-5-9(12,13)10(8,14)15/h1-4,8H,5H2/t8-/m0/s1. The normalized spacial score (nSPS) is 27.1. The van der Waals surface area contributed by atoms with Gasteiger partial charge in [-0.25, -0.2) is 0 Å². The zero-order valence-electron chi connectivity index (χ0n) is 7.48. The lowest BCUT2D eigenvalue weighted by Crippen LogP contribution is -2.56. The fourth-order valence-electron chi connectivity index (χ4n) is 1.67. The van der Waals surface area contributed by atoms with Crippen LogP contribution in [0.3, 0.4) is 0 Å². The first kappa shape index (κ1) is 10.9. The Balaban J connectivity index is 2.25. The molecule has 0 spiro atoms. The van der Waals surface area contributed by atoms with Crippen LogP contribution in [0.1, 0.15) is 17.9 Å². The number of rotatable bonds is 1. The second-order valence-electron chi connectivity index (χ2n) is 3.64. The minimum Gasteiger partial charge on any atom is -0.200 e. The highest BCUT2D eigenvalue weighted by atomic mass is 79.9. The van der Waals surface area contributed by atoms with Crippen molar-refractivity contribution in [3.05, 3.63) is 34.3 Å². The lowest BCUT2D eigenvalue weighted by molar-refractivity contribution is -0.290. The van der Waals surface area contributed by atoms with E-state index in [0.717, 1.165) is 4.47 Å². The maximum atomic E-state index is 13.0. The topological polar surface area (TPSA) is 0 Å². The third-order valence-electron chi connectivity index (χ3n) is 2.66. The Hall–Kier alpha value is -0.580. The summed E-state index contributed by atoms with van der Waals surface area (Å²) < 4.78 is 51.9. The molecule has 1 aromatic rings. The number of benzene rings is 1. The van der Waals surface area contributed by atoms with E-state index in [1.807, 2.05) is 0 Å². The van der Waals surface area contributed by atoms with Crippen molar-refractivity contribution >= 4 is 15.9 Å². The van der Waals surface area contributed by atoms with E-state index >= 15 is 0 Å². The van der Waals surface area contributed by atoms with E-state index in [-0.39, 0.29) is 5.56 Å². The van der Waals surface area contributed by atoms with Crippen molar-refractivity contribution < 1.29 is 17.6 Å². The van der Waals surface area contributed by atoms with Gasteiger partial charge in [0.25, 0.3) is 0 Å². The summed E-state index contributed by atoms with van der Waals surface area (Å²) in [4.78, 5) is 0. The van der Waals surface area contributed by atoms with Crippen molar-refractivity contribution in [2.45, 2.75) is 24.2 Å². The molecule has 0 nitrogen and oxygen atoms in total. The summed E-state index contributed by atoms with van der Waals surface area (Å²) in [6.45, 7) is 0. The molecule has 2 rings (SSSR count). The molecule has 0 aromatic heterocycles. The number of alkyl halides is 4. The van der Waals surface area contributed by atoms with Gasteiger partial charge in [0, 0.05) is 10.9 Å². The van der Waals surface area contributed by atoms with Crippen molar-refractivity contribution in [3.63, 3.8) is 0 Å². The lowest BCUT2D eigenvalue weighted by Gasteiger charge is -2.44. The van der Waals surface area contributed by atoms with Crippen LogP contribution in [0.25, 0.3) is 0 Å². The summed E-state index contributed by atoms with van der Waals surface area (Å²) >= 11 is 3.15. The fraction of sp³-hybridized carbons (Fsp3) is 0.400. The van der Waals surface area contributed by atoms with Crippen LogP contribution in [0, 0.1) is 0 Å². The summed E-state index contributed by atoms with van der Waals surface area (Å²) in [5.41, 5.74) is 0.258. The second kappa shape index (κ2) is 3.20. The van der Waals surface area contributed by atoms with Gasteiger partial charge in [0.15, 0.2) is 0 Å². The van der Waals surface area contributed by atoms with Gasteiger partial charge in [0.2, 0.25) is 0 Å². The Morgan fingerprint density at radius 2 is 1.60 bits per heavy atom. The van der Waals surface area contributed by atoms with E-state index in [1.54, 1.807) is 12.1 Å². The molecule has 1 aromatic carbocycles. The maximum Gasteiger partial charge on any atom is 0.317 e. The van der Waals surface area contributed by atoms with Gasteiger partial charge in [-0.05, 0) is 17.7 Å². The van der Waals surface area contributed by atoms with E-state index in [2.05, 4.69) is 15.9 Å². The fourth-order valence-corrected chi connectivity index (χ4v) is 1.93. The molecule has 0 unspecified atom stereocenters. The molecule has 0 aliphatic heterocycles. The molecule has 82 valence electrons. The zero-order chi connectivity index (χ0) is 11.3. The number of hydrogen-bond acceptors (Lipinski definition) is 0. The first-order valence-corrected chi connectivity index (χ1v) is 5.15. The van der Waals surface area contributed by atoms with Crippen LogP contribution in [0.2, 0.25) is 0 Å². The molecular weight excluding hydrogens is 276 g/mol. The molecule has 0 radical (unpaired) electrons. The first-order chi connectivity index (χ1) is 6.84. The Morgan fingerprint density at radius 3 is 2.00 bits per heavy atom. The van der Waals surface area contributed by atoms with Crippen molar-refractivity contribution in [2.24, 2.45) is 0 Å². The van der Waals surface area contributed by atoms with E-state index in [4.69, 9.17) is 0 Å². The zero-order valence-corrected chi connectivity index (χ0v) is 9.07. The van der Waals surface area contributed by atoms with Gasteiger partial charge in [-0.15, -0.1) is 0 Å². The molecule has 1 aliphatic carbocycles. The Labute approximate surface area is 92.4 Å². The van der Waals surface area contributed by atoms with Gasteiger partial charge in [0.05, 0.1) is 5.92 Å². The number of hydrogen-bond donors (Lipinski definition) is 0. The van der Waals surface area contributed by atoms with Crippen LogP contribution in [-0.4, -0.2) is 11.8 Å². The number of halogens is 5. The quantitative estimate of drug-likeness (QED) is 0.677. The van der Waals surface area contributed by atoms with Gasteiger partial charge < -0.3 is 0 Å². The van der Waals surface area contributed by atoms with Crippen LogP contribution in [-0.2, 0) is 0 Å². The largest absolute Gasteiger partial charge is 0.317 e. The molecule has 0 saturated heterocycles.